The van der Waals surface area contributed by atoms with Gasteiger partial charge in [0.1, 0.15) is 18.0 Å². The molecule has 0 spiro atoms. The van der Waals surface area contributed by atoms with Crippen LogP contribution in [0.25, 0.3) is 11.2 Å². The van der Waals surface area contributed by atoms with Crippen molar-refractivity contribution in [1.82, 2.24) is 25.0 Å². The summed E-state index contributed by atoms with van der Waals surface area (Å²) in [5.41, 5.74) is -0.144. The molecule has 0 amide bonds. The molecule has 0 bridgehead atoms. The Morgan fingerprint density at radius 3 is 2.23 bits per heavy atom. The number of aromatic amines is 1. The van der Waals surface area contributed by atoms with Crippen LogP contribution in [-0.2, 0) is 20.0 Å². The second kappa shape index (κ2) is 9.44. The number of ether oxygens (including phenoxy) is 1. The van der Waals surface area contributed by atoms with E-state index in [1.165, 1.54) is 4.68 Å². The van der Waals surface area contributed by atoms with Crippen LogP contribution >= 0.6 is 0 Å². The minimum absolute atomic E-state index is 0.000484. The minimum Gasteiger partial charge on any atom is -0.414 e. The summed E-state index contributed by atoms with van der Waals surface area (Å²) in [5, 5.41) is 7.92. The maximum absolute atomic E-state index is 16.2. The van der Waals surface area contributed by atoms with Gasteiger partial charge in [-0.1, -0.05) is 53.7 Å². The van der Waals surface area contributed by atoms with Crippen molar-refractivity contribution < 1.29 is 18.0 Å². The van der Waals surface area contributed by atoms with Gasteiger partial charge >= 0.3 is 0 Å². The van der Waals surface area contributed by atoms with Gasteiger partial charge in [-0.2, -0.15) is 4.68 Å². The van der Waals surface area contributed by atoms with Gasteiger partial charge < -0.3 is 18.6 Å². The Hall–Kier alpha value is -1.48. The Morgan fingerprint density at radius 2 is 1.69 bits per heavy atom. The summed E-state index contributed by atoms with van der Waals surface area (Å²) >= 11 is 0. The van der Waals surface area contributed by atoms with Gasteiger partial charge in [0.15, 0.2) is 40.2 Å². The van der Waals surface area contributed by atoms with Gasteiger partial charge in [-0.25, -0.2) is 9.37 Å². The normalized spacial score (nSPS) is 24.5. The molecule has 4 atom stereocenters. The zero-order valence-electron chi connectivity index (χ0n) is 23.0. The van der Waals surface area contributed by atoms with Gasteiger partial charge in [0.05, 0.1) is 6.61 Å². The van der Waals surface area contributed by atoms with Crippen LogP contribution in [0, 0.1) is 0 Å². The first kappa shape index (κ1) is 28.1. The molecule has 0 radical (unpaired) electrons. The third-order valence-electron chi connectivity index (χ3n) is 7.88. The van der Waals surface area contributed by atoms with E-state index in [0.717, 1.165) is 0 Å². The zero-order valence-corrected chi connectivity index (χ0v) is 25.0. The highest BCUT2D eigenvalue weighted by Crippen LogP contribution is 2.43. The van der Waals surface area contributed by atoms with Crippen LogP contribution in [0.1, 0.15) is 60.5 Å². The smallest absolute Gasteiger partial charge is 0.281 e. The van der Waals surface area contributed by atoms with E-state index in [-0.39, 0.29) is 27.8 Å². The summed E-state index contributed by atoms with van der Waals surface area (Å²) in [6.45, 7) is 23.4. The molecule has 1 N–H and O–H groups in total. The maximum atomic E-state index is 16.2. The van der Waals surface area contributed by atoms with E-state index < -0.39 is 46.8 Å². The molecule has 0 unspecified atom stereocenters. The molecule has 12 heteroatoms. The zero-order chi connectivity index (χ0) is 26.6. The highest BCUT2D eigenvalue weighted by molar-refractivity contribution is 6.74. The molecular formula is C23H42FN5O4Si2. The molecule has 1 saturated heterocycles. The number of H-pyrrole nitrogens is 1. The van der Waals surface area contributed by atoms with Crippen molar-refractivity contribution in [2.75, 3.05) is 6.61 Å². The molecular weight excluding hydrogens is 485 g/mol. The quantitative estimate of drug-likeness (QED) is 0.519. The first-order valence-electron chi connectivity index (χ1n) is 12.3. The SMILES string of the molecule is CCc1nc2c(nnn2[C@@H]2O[C@H](CO[Si](C)(C)C(C)(C)C)[C@@H](O[Si](C)(C)C(C)(C)C)[C@@H]2F)c(=O)[nH]1. The van der Waals surface area contributed by atoms with Crippen LogP contribution in [0.15, 0.2) is 4.79 Å². The number of nitrogens with zero attached hydrogens (tertiary/aromatic N) is 4. The van der Waals surface area contributed by atoms with Crippen LogP contribution in [0.2, 0.25) is 36.3 Å². The molecule has 1 fully saturated rings. The Balaban J connectivity index is 1.99. The van der Waals surface area contributed by atoms with Crippen LogP contribution in [0.3, 0.4) is 0 Å². The maximum Gasteiger partial charge on any atom is 0.281 e. The average Bonchev–Trinajstić information content (AvgIpc) is 3.26. The molecule has 0 aliphatic carbocycles. The molecule has 35 heavy (non-hydrogen) atoms. The third kappa shape index (κ3) is 5.46. The number of nitrogens with one attached hydrogen (secondary N) is 1. The monoisotopic (exact) mass is 527 g/mol. The van der Waals surface area contributed by atoms with E-state index >= 15 is 4.39 Å². The third-order valence-corrected chi connectivity index (χ3v) is 16.9. The number of hydrogen-bond acceptors (Lipinski definition) is 7. The molecule has 2 aromatic heterocycles. The summed E-state index contributed by atoms with van der Waals surface area (Å²) in [6, 6.07) is 0. The van der Waals surface area contributed by atoms with Crippen molar-refractivity contribution in [2.24, 2.45) is 0 Å². The highest BCUT2D eigenvalue weighted by atomic mass is 28.4. The molecule has 1 aliphatic heterocycles. The topological polar surface area (TPSA) is 104 Å². The molecule has 3 heterocycles. The number of aromatic nitrogens is 5. The van der Waals surface area contributed by atoms with Crippen LogP contribution in [0.5, 0.6) is 0 Å². The van der Waals surface area contributed by atoms with Gasteiger partial charge in [0.2, 0.25) is 0 Å². The molecule has 0 saturated carbocycles. The van der Waals surface area contributed by atoms with Crippen molar-refractivity contribution in [2.45, 2.75) is 116 Å². The Bertz CT molecular complexity index is 1110. The largest absolute Gasteiger partial charge is 0.414 e. The Labute approximate surface area is 209 Å². The van der Waals surface area contributed by atoms with Gasteiger partial charge in [-0.15, -0.1) is 5.10 Å². The minimum atomic E-state index is -2.34. The summed E-state index contributed by atoms with van der Waals surface area (Å²) in [5.74, 6) is 0.478. The predicted molar refractivity (Wildman–Crippen MR) is 139 cm³/mol. The number of fused-ring (bicyclic) bond motifs is 1. The second-order valence-corrected chi connectivity index (χ2v) is 22.1. The van der Waals surface area contributed by atoms with E-state index in [4.69, 9.17) is 13.6 Å². The fraction of sp³-hybridized carbons (Fsp3) is 0.826. The van der Waals surface area contributed by atoms with Gasteiger partial charge in [-0.05, 0) is 36.3 Å². The van der Waals surface area contributed by atoms with Gasteiger partial charge in [0.25, 0.3) is 5.56 Å². The number of hydrogen-bond donors (Lipinski definition) is 1. The second-order valence-electron chi connectivity index (χ2n) is 12.5. The molecule has 3 rings (SSSR count). The number of halogens is 1. The van der Waals surface area contributed by atoms with E-state index in [9.17, 15) is 4.79 Å². The van der Waals surface area contributed by atoms with E-state index in [1.807, 2.05) is 6.92 Å². The van der Waals surface area contributed by atoms with E-state index in [1.54, 1.807) is 0 Å². The predicted octanol–water partition coefficient (Wildman–Crippen LogP) is 4.72. The Kier molecular flexibility index (Phi) is 7.58. The first-order valence-corrected chi connectivity index (χ1v) is 18.2. The van der Waals surface area contributed by atoms with Crippen molar-refractivity contribution in [3.63, 3.8) is 0 Å². The van der Waals surface area contributed by atoms with Crippen LogP contribution in [0.4, 0.5) is 4.39 Å². The number of rotatable bonds is 7. The molecule has 1 aliphatic rings. The lowest BCUT2D eigenvalue weighted by Gasteiger charge is -2.40. The van der Waals surface area contributed by atoms with Crippen molar-refractivity contribution >= 4 is 27.8 Å². The molecule has 198 valence electrons. The Morgan fingerprint density at radius 1 is 1.09 bits per heavy atom. The highest BCUT2D eigenvalue weighted by Gasteiger charge is 2.53. The lowest BCUT2D eigenvalue weighted by Crippen LogP contribution is -2.50. The van der Waals surface area contributed by atoms with E-state index in [2.05, 4.69) is 88.0 Å². The fourth-order valence-electron chi connectivity index (χ4n) is 3.41. The number of aryl methyl sites for hydroxylation is 1. The first-order chi connectivity index (χ1) is 15.9. The van der Waals surface area contributed by atoms with Crippen molar-refractivity contribution in [3.8, 4) is 0 Å². The molecule has 0 aromatic carbocycles. The summed E-state index contributed by atoms with van der Waals surface area (Å²) in [4.78, 5) is 19.6. The van der Waals surface area contributed by atoms with Crippen LogP contribution < -0.4 is 5.56 Å². The lowest BCUT2D eigenvalue weighted by atomic mass is 10.1. The fourth-order valence-corrected chi connectivity index (χ4v) is 5.74. The molecule has 9 nitrogen and oxygen atoms in total. The standard InChI is InChI=1S/C23H42FN5O4Si2/c1-12-15-25-19-17(20(30)26-15)27-28-29(19)21-16(24)18(33-35(10,11)23(5,6)7)14(32-21)13-31-34(8,9)22(2,3)4/h14,16,18,21H,12-13H2,1-11H3,(H,25,26,30)/t14-,16+,18-,21-/m1/s1. The van der Waals surface area contributed by atoms with Crippen molar-refractivity contribution in [3.05, 3.63) is 16.2 Å². The lowest BCUT2D eigenvalue weighted by molar-refractivity contribution is -0.0477. The van der Waals surface area contributed by atoms with Crippen LogP contribution in [-0.4, -0.2) is 66.6 Å². The summed E-state index contributed by atoms with van der Waals surface area (Å²) in [7, 11) is -4.45. The van der Waals surface area contributed by atoms with Gasteiger partial charge in [0, 0.05) is 6.42 Å². The van der Waals surface area contributed by atoms with Crippen molar-refractivity contribution in [1.29, 1.82) is 0 Å². The van der Waals surface area contributed by atoms with E-state index in [0.29, 0.717) is 12.2 Å². The molecule has 2 aromatic rings. The summed E-state index contributed by atoms with van der Waals surface area (Å²) in [6.07, 6.45) is -3.61. The van der Waals surface area contributed by atoms with Gasteiger partial charge in [-0.3, -0.25) is 4.79 Å². The average molecular weight is 528 g/mol. The summed E-state index contributed by atoms with van der Waals surface area (Å²) < 4.78 is 36.7. The number of alkyl halides is 1.